The first-order valence-electron chi connectivity index (χ1n) is 8.18. The fourth-order valence-corrected chi connectivity index (χ4v) is 3.13. The second kappa shape index (κ2) is 6.13. The number of likely N-dealkylation sites (N-methyl/N-ethyl adjacent to an activating group) is 1. The molecule has 6 heteroatoms. The van der Waals surface area contributed by atoms with Crippen LogP contribution in [0.2, 0.25) is 0 Å². The lowest BCUT2D eigenvalue weighted by Crippen LogP contribution is -2.38. The minimum atomic E-state index is 0.175. The number of imidazole rings is 1. The van der Waals surface area contributed by atoms with E-state index < -0.39 is 0 Å². The molecule has 0 spiro atoms. The molecular weight excluding hydrogens is 304 g/mol. The van der Waals surface area contributed by atoms with Crippen LogP contribution < -0.4 is 4.74 Å². The third-order valence-electron chi connectivity index (χ3n) is 4.37. The zero-order valence-electron chi connectivity index (χ0n) is 13.6. The van der Waals surface area contributed by atoms with Crippen LogP contribution in [-0.2, 0) is 0 Å². The Morgan fingerprint density at radius 3 is 2.79 bits per heavy atom. The summed E-state index contributed by atoms with van der Waals surface area (Å²) in [6.07, 6.45) is 4.16. The molecule has 124 valence electrons. The van der Waals surface area contributed by atoms with Gasteiger partial charge in [0.05, 0.1) is 11.9 Å². The average molecular weight is 324 g/mol. The van der Waals surface area contributed by atoms with Gasteiger partial charge in [0.15, 0.2) is 5.65 Å². The second-order valence-electron chi connectivity index (χ2n) is 6.28. The van der Waals surface area contributed by atoms with E-state index in [1.807, 2.05) is 24.3 Å². The molecule has 3 heterocycles. The molecule has 0 aliphatic carbocycles. The zero-order valence-corrected chi connectivity index (χ0v) is 13.6. The Hall–Kier alpha value is -2.60. The quantitative estimate of drug-likeness (QED) is 0.802. The molecule has 1 saturated heterocycles. The number of piperidine rings is 1. The van der Waals surface area contributed by atoms with Gasteiger partial charge in [-0.25, -0.2) is 9.50 Å². The number of benzene rings is 1. The van der Waals surface area contributed by atoms with E-state index in [0.29, 0.717) is 5.88 Å². The van der Waals surface area contributed by atoms with Crippen molar-refractivity contribution in [2.24, 2.45) is 0 Å². The van der Waals surface area contributed by atoms with Gasteiger partial charge < -0.3 is 14.7 Å². The van der Waals surface area contributed by atoms with Crippen molar-refractivity contribution in [2.45, 2.75) is 18.9 Å². The highest BCUT2D eigenvalue weighted by molar-refractivity contribution is 5.63. The zero-order chi connectivity index (χ0) is 16.5. The Bertz CT molecular complexity index is 844. The number of aromatic nitrogens is 3. The standard InChI is InChI=1S/C18H20N4O2/c1-21-10-2-3-15(12-21)24-18-9-8-17-19-11-16(22(17)20-18)13-4-6-14(23)7-5-13/h4-9,11,15,23H,2-3,10,12H2,1H3. The number of fused-ring (bicyclic) bond motifs is 1. The predicted molar refractivity (Wildman–Crippen MR) is 91.2 cm³/mol. The Labute approximate surface area is 140 Å². The molecule has 1 fully saturated rings. The summed E-state index contributed by atoms with van der Waals surface area (Å²) >= 11 is 0. The van der Waals surface area contributed by atoms with Gasteiger partial charge in [0.25, 0.3) is 0 Å². The summed E-state index contributed by atoms with van der Waals surface area (Å²) in [4.78, 5) is 6.68. The fourth-order valence-electron chi connectivity index (χ4n) is 3.13. The van der Waals surface area contributed by atoms with Crippen LogP contribution >= 0.6 is 0 Å². The van der Waals surface area contributed by atoms with E-state index in [9.17, 15) is 5.11 Å². The second-order valence-corrected chi connectivity index (χ2v) is 6.28. The molecule has 0 radical (unpaired) electrons. The minimum Gasteiger partial charge on any atom is -0.508 e. The summed E-state index contributed by atoms with van der Waals surface area (Å²) in [7, 11) is 2.12. The van der Waals surface area contributed by atoms with Gasteiger partial charge in [0.2, 0.25) is 5.88 Å². The summed E-state index contributed by atoms with van der Waals surface area (Å²) in [5.41, 5.74) is 2.59. The van der Waals surface area contributed by atoms with Gasteiger partial charge in [0, 0.05) is 18.2 Å². The highest BCUT2D eigenvalue weighted by atomic mass is 16.5. The number of ether oxygens (including phenoxy) is 1. The lowest BCUT2D eigenvalue weighted by atomic mass is 10.1. The van der Waals surface area contributed by atoms with Gasteiger partial charge in [-0.15, -0.1) is 5.10 Å². The maximum Gasteiger partial charge on any atom is 0.232 e. The van der Waals surface area contributed by atoms with Crippen molar-refractivity contribution in [1.29, 1.82) is 0 Å². The van der Waals surface area contributed by atoms with E-state index in [1.165, 1.54) is 0 Å². The molecule has 0 saturated carbocycles. The third-order valence-corrected chi connectivity index (χ3v) is 4.37. The molecule has 1 aromatic carbocycles. The Kier molecular flexibility index (Phi) is 3.82. The SMILES string of the molecule is CN1CCCC(Oc2ccc3ncc(-c4ccc(O)cc4)n3n2)C1. The van der Waals surface area contributed by atoms with E-state index in [1.54, 1.807) is 22.8 Å². The smallest absolute Gasteiger partial charge is 0.232 e. The summed E-state index contributed by atoms with van der Waals surface area (Å²) in [5, 5.41) is 14.1. The molecule has 1 aliphatic rings. The lowest BCUT2D eigenvalue weighted by Gasteiger charge is -2.29. The first kappa shape index (κ1) is 15.0. The van der Waals surface area contributed by atoms with E-state index in [0.717, 1.165) is 42.8 Å². The Morgan fingerprint density at radius 1 is 1.17 bits per heavy atom. The van der Waals surface area contributed by atoms with Gasteiger partial charge in [-0.1, -0.05) is 0 Å². The van der Waals surface area contributed by atoms with Crippen LogP contribution in [0, 0.1) is 0 Å². The Balaban J connectivity index is 1.64. The number of aromatic hydroxyl groups is 1. The molecular formula is C18H20N4O2. The summed E-state index contributed by atoms with van der Waals surface area (Å²) < 4.78 is 7.86. The van der Waals surface area contributed by atoms with Crippen LogP contribution in [0.4, 0.5) is 0 Å². The number of likely N-dealkylation sites (tertiary alicyclic amines) is 1. The van der Waals surface area contributed by atoms with Gasteiger partial charge in [0.1, 0.15) is 11.9 Å². The van der Waals surface area contributed by atoms with Crippen LogP contribution in [0.25, 0.3) is 16.9 Å². The molecule has 6 nitrogen and oxygen atoms in total. The number of nitrogens with zero attached hydrogens (tertiary/aromatic N) is 4. The van der Waals surface area contributed by atoms with Crippen molar-refractivity contribution in [3.05, 3.63) is 42.6 Å². The summed E-state index contributed by atoms with van der Waals surface area (Å²) in [6.45, 7) is 2.05. The van der Waals surface area contributed by atoms with Crippen LogP contribution in [0.15, 0.2) is 42.6 Å². The summed E-state index contributed by atoms with van der Waals surface area (Å²) in [6, 6.07) is 10.8. The molecule has 0 bridgehead atoms. The molecule has 1 aliphatic heterocycles. The van der Waals surface area contributed by atoms with Crippen molar-refractivity contribution >= 4 is 5.65 Å². The van der Waals surface area contributed by atoms with Gasteiger partial charge in [-0.05, 0) is 56.8 Å². The van der Waals surface area contributed by atoms with Gasteiger partial charge >= 0.3 is 0 Å². The molecule has 24 heavy (non-hydrogen) atoms. The predicted octanol–water partition coefficient (Wildman–Crippen LogP) is 2.57. The number of hydrogen-bond acceptors (Lipinski definition) is 5. The van der Waals surface area contributed by atoms with Crippen molar-refractivity contribution < 1.29 is 9.84 Å². The minimum absolute atomic E-state index is 0.175. The molecule has 0 amide bonds. The molecule has 2 aromatic heterocycles. The van der Waals surface area contributed by atoms with E-state index >= 15 is 0 Å². The van der Waals surface area contributed by atoms with Crippen molar-refractivity contribution in [3.8, 4) is 22.9 Å². The van der Waals surface area contributed by atoms with Crippen LogP contribution in [-0.4, -0.2) is 50.8 Å². The topological polar surface area (TPSA) is 62.9 Å². The molecule has 4 rings (SSSR count). The van der Waals surface area contributed by atoms with E-state index in [2.05, 4.69) is 22.0 Å². The fraction of sp³-hybridized carbons (Fsp3) is 0.333. The number of hydrogen-bond donors (Lipinski definition) is 1. The highest BCUT2D eigenvalue weighted by Gasteiger charge is 2.19. The molecule has 1 unspecified atom stereocenters. The van der Waals surface area contributed by atoms with Gasteiger partial charge in [-0.2, -0.15) is 0 Å². The van der Waals surface area contributed by atoms with Crippen LogP contribution in [0.3, 0.4) is 0 Å². The van der Waals surface area contributed by atoms with Crippen LogP contribution in [0.1, 0.15) is 12.8 Å². The maximum atomic E-state index is 9.45. The Morgan fingerprint density at radius 2 is 2.00 bits per heavy atom. The molecule has 1 N–H and O–H groups in total. The van der Waals surface area contributed by atoms with Crippen molar-refractivity contribution in [3.63, 3.8) is 0 Å². The largest absolute Gasteiger partial charge is 0.508 e. The van der Waals surface area contributed by atoms with Crippen molar-refractivity contribution in [1.82, 2.24) is 19.5 Å². The number of phenols is 1. The first-order chi connectivity index (χ1) is 11.7. The van der Waals surface area contributed by atoms with E-state index in [4.69, 9.17) is 4.74 Å². The number of phenolic OH excluding ortho intramolecular Hbond substituents is 1. The molecule has 1 atom stereocenters. The third kappa shape index (κ3) is 2.92. The normalized spacial score (nSPS) is 18.8. The van der Waals surface area contributed by atoms with Crippen LogP contribution in [0.5, 0.6) is 11.6 Å². The number of rotatable bonds is 3. The average Bonchev–Trinajstić information content (AvgIpc) is 2.99. The first-order valence-corrected chi connectivity index (χ1v) is 8.18. The highest BCUT2D eigenvalue weighted by Crippen LogP contribution is 2.24. The summed E-state index contributed by atoms with van der Waals surface area (Å²) in [5.74, 6) is 0.854. The van der Waals surface area contributed by atoms with E-state index in [-0.39, 0.29) is 11.9 Å². The maximum absolute atomic E-state index is 9.45. The van der Waals surface area contributed by atoms with Crippen molar-refractivity contribution in [2.75, 3.05) is 20.1 Å². The molecule has 3 aromatic rings. The lowest BCUT2D eigenvalue weighted by molar-refractivity contribution is 0.0988. The monoisotopic (exact) mass is 324 g/mol. The van der Waals surface area contributed by atoms with Gasteiger partial charge in [-0.3, -0.25) is 0 Å².